The molecule has 7 heteroatoms. The Morgan fingerprint density at radius 3 is 2.55 bits per heavy atom. The average molecular weight is 307 g/mol. The zero-order valence-corrected chi connectivity index (χ0v) is 12.1. The molecule has 0 aliphatic heterocycles. The molecule has 1 aromatic carbocycles. The van der Waals surface area contributed by atoms with E-state index < -0.39 is 18.2 Å². The number of alkyl halides is 1. The summed E-state index contributed by atoms with van der Waals surface area (Å²) in [5.41, 5.74) is 0.0184. The third-order valence-corrected chi connectivity index (χ3v) is 3.01. The van der Waals surface area contributed by atoms with Gasteiger partial charge in [-0.15, -0.1) is 0 Å². The number of benzene rings is 1. The summed E-state index contributed by atoms with van der Waals surface area (Å²) in [6.45, 7) is 1.56. The van der Waals surface area contributed by atoms with Gasteiger partial charge in [-0.05, 0) is 13.0 Å². The monoisotopic (exact) mass is 306 g/mol. The van der Waals surface area contributed by atoms with E-state index >= 15 is 0 Å². The minimum absolute atomic E-state index is 0.0184. The van der Waals surface area contributed by atoms with E-state index in [2.05, 4.69) is 4.74 Å². The Hall–Kier alpha value is -1.53. The molecule has 0 heterocycles. The van der Waals surface area contributed by atoms with Gasteiger partial charge in [0.1, 0.15) is 6.10 Å². The smallest absolute Gasteiger partial charge is 0.343 e. The maximum absolute atomic E-state index is 13.8. The lowest BCUT2D eigenvalue weighted by Gasteiger charge is -2.18. The highest BCUT2D eigenvalue weighted by Crippen LogP contribution is 2.40. The van der Waals surface area contributed by atoms with Crippen LogP contribution >= 0.6 is 11.6 Å². The first kappa shape index (κ1) is 16.5. The van der Waals surface area contributed by atoms with Gasteiger partial charge in [-0.1, -0.05) is 17.7 Å². The zero-order chi connectivity index (χ0) is 15.3. The number of carbonyl (C=O) groups excluding carboxylic acids is 1. The van der Waals surface area contributed by atoms with Gasteiger partial charge in [0, 0.05) is 5.56 Å². The van der Waals surface area contributed by atoms with Gasteiger partial charge < -0.3 is 19.3 Å². The second kappa shape index (κ2) is 7.31. The summed E-state index contributed by atoms with van der Waals surface area (Å²) in [5.74, 6) is -0.660. The van der Waals surface area contributed by atoms with Crippen LogP contribution in [0.25, 0.3) is 0 Å². The number of hydrogen-bond donors (Lipinski definition) is 1. The molecule has 2 atom stereocenters. The highest BCUT2D eigenvalue weighted by atomic mass is 35.5. The average Bonchev–Trinajstić information content (AvgIpc) is 2.45. The van der Waals surface area contributed by atoms with Crippen LogP contribution in [0.1, 0.15) is 18.6 Å². The fourth-order valence-electron chi connectivity index (χ4n) is 1.64. The number of aliphatic hydroxyl groups is 1. The van der Waals surface area contributed by atoms with Gasteiger partial charge in [0.15, 0.2) is 11.5 Å². The highest BCUT2D eigenvalue weighted by Gasteiger charge is 2.32. The predicted molar refractivity (Wildman–Crippen MR) is 71.0 cm³/mol. The van der Waals surface area contributed by atoms with Crippen LogP contribution in [0.2, 0.25) is 5.02 Å². The van der Waals surface area contributed by atoms with Gasteiger partial charge in [0.05, 0.1) is 25.8 Å². The van der Waals surface area contributed by atoms with Gasteiger partial charge in [-0.2, -0.15) is 0 Å². The molecule has 0 saturated carbocycles. The summed E-state index contributed by atoms with van der Waals surface area (Å²) in [4.78, 5) is 11.3. The van der Waals surface area contributed by atoms with Crippen molar-refractivity contribution in [3.05, 3.63) is 22.7 Å². The molecule has 0 spiro atoms. The van der Waals surface area contributed by atoms with Crippen LogP contribution in [0.15, 0.2) is 12.1 Å². The van der Waals surface area contributed by atoms with Crippen molar-refractivity contribution in [2.24, 2.45) is 0 Å². The Morgan fingerprint density at radius 2 is 2.05 bits per heavy atom. The minimum Gasteiger partial charge on any atom is -0.493 e. The molecule has 0 amide bonds. The Bertz CT molecular complexity index is 480. The summed E-state index contributed by atoms with van der Waals surface area (Å²) in [6, 6.07) is 2.82. The van der Waals surface area contributed by atoms with E-state index in [9.17, 15) is 14.3 Å². The third-order valence-electron chi connectivity index (χ3n) is 2.62. The minimum atomic E-state index is -2.23. The topological polar surface area (TPSA) is 65.0 Å². The number of methoxy groups -OCH3 is 2. The van der Waals surface area contributed by atoms with Crippen molar-refractivity contribution in [1.82, 2.24) is 0 Å². The molecular formula is C13H16ClFO5. The van der Waals surface area contributed by atoms with E-state index in [0.29, 0.717) is 5.75 Å². The second-order valence-electron chi connectivity index (χ2n) is 3.80. The van der Waals surface area contributed by atoms with Gasteiger partial charge in [0.2, 0.25) is 6.17 Å². The molecular weight excluding hydrogens is 291 g/mol. The van der Waals surface area contributed by atoms with Crippen LogP contribution in [0.3, 0.4) is 0 Å². The van der Waals surface area contributed by atoms with Crippen LogP contribution in [-0.4, -0.2) is 38.1 Å². The first-order valence-corrected chi connectivity index (χ1v) is 6.24. The summed E-state index contributed by atoms with van der Waals surface area (Å²) >= 11 is 6.03. The number of halogens is 2. The van der Waals surface area contributed by atoms with Gasteiger partial charge in [-0.25, -0.2) is 9.18 Å². The molecule has 112 valence electrons. The highest BCUT2D eigenvalue weighted by molar-refractivity contribution is 6.33. The molecule has 0 aliphatic rings. The zero-order valence-electron chi connectivity index (χ0n) is 11.4. The summed E-state index contributed by atoms with van der Waals surface area (Å²) < 4.78 is 28.4. The van der Waals surface area contributed by atoms with Gasteiger partial charge >= 0.3 is 5.97 Å². The van der Waals surface area contributed by atoms with Crippen molar-refractivity contribution in [2.45, 2.75) is 19.2 Å². The number of esters is 1. The molecule has 2 unspecified atom stereocenters. The molecule has 0 saturated heterocycles. The van der Waals surface area contributed by atoms with E-state index in [1.54, 1.807) is 6.92 Å². The van der Waals surface area contributed by atoms with Gasteiger partial charge in [-0.3, -0.25) is 0 Å². The summed E-state index contributed by atoms with van der Waals surface area (Å²) in [6.07, 6.45) is -3.98. The molecule has 1 rings (SSSR count). The fourth-order valence-corrected chi connectivity index (χ4v) is 1.99. The molecule has 1 N–H and O–H groups in total. The van der Waals surface area contributed by atoms with Crippen molar-refractivity contribution in [3.8, 4) is 11.5 Å². The lowest BCUT2D eigenvalue weighted by molar-refractivity contribution is -0.153. The third kappa shape index (κ3) is 3.32. The molecule has 1 aromatic rings. The maximum atomic E-state index is 13.8. The first-order chi connectivity index (χ1) is 9.47. The Labute approximate surface area is 121 Å². The lowest BCUT2D eigenvalue weighted by atomic mass is 10.0. The van der Waals surface area contributed by atoms with Crippen molar-refractivity contribution < 1.29 is 28.5 Å². The van der Waals surface area contributed by atoms with E-state index in [-0.39, 0.29) is 22.9 Å². The van der Waals surface area contributed by atoms with Crippen molar-refractivity contribution >= 4 is 17.6 Å². The fraction of sp³-hybridized carbons (Fsp3) is 0.462. The molecule has 0 bridgehead atoms. The first-order valence-electron chi connectivity index (χ1n) is 5.87. The van der Waals surface area contributed by atoms with E-state index in [1.165, 1.54) is 26.4 Å². The molecule has 20 heavy (non-hydrogen) atoms. The molecule has 0 fully saturated rings. The van der Waals surface area contributed by atoms with Crippen LogP contribution in [0, 0.1) is 0 Å². The molecule has 0 aromatic heterocycles. The number of rotatable bonds is 6. The van der Waals surface area contributed by atoms with E-state index in [0.717, 1.165) is 0 Å². The number of hydrogen-bond acceptors (Lipinski definition) is 5. The van der Waals surface area contributed by atoms with E-state index in [4.69, 9.17) is 21.1 Å². The molecule has 0 radical (unpaired) electrons. The number of ether oxygens (including phenoxy) is 3. The standard InChI is InChI=1S/C13H16ClFO5/c1-4-20-13(17)10(15)11(16)7-5-6-8(18-2)12(19-3)9(7)14/h5-6,10-11,16H,4H2,1-3H3. The van der Waals surface area contributed by atoms with Crippen molar-refractivity contribution in [1.29, 1.82) is 0 Å². The maximum Gasteiger partial charge on any atom is 0.343 e. The van der Waals surface area contributed by atoms with Crippen LogP contribution < -0.4 is 9.47 Å². The molecule has 0 aliphatic carbocycles. The SMILES string of the molecule is CCOC(=O)C(F)C(O)c1ccc(OC)c(OC)c1Cl. The number of carbonyl (C=O) groups is 1. The molecule has 5 nitrogen and oxygen atoms in total. The van der Waals surface area contributed by atoms with Crippen molar-refractivity contribution in [3.63, 3.8) is 0 Å². The largest absolute Gasteiger partial charge is 0.493 e. The predicted octanol–water partition coefficient (Wildman–Crippen LogP) is 2.29. The normalized spacial score (nSPS) is 13.5. The van der Waals surface area contributed by atoms with Crippen LogP contribution in [0.4, 0.5) is 4.39 Å². The summed E-state index contributed by atoms with van der Waals surface area (Å²) in [5, 5.41) is 9.87. The number of aliphatic hydroxyl groups excluding tert-OH is 1. The Kier molecular flexibility index (Phi) is 6.04. The van der Waals surface area contributed by atoms with Crippen LogP contribution in [-0.2, 0) is 9.53 Å². The quantitative estimate of drug-likeness (QED) is 0.817. The Morgan fingerprint density at radius 1 is 1.40 bits per heavy atom. The Balaban J connectivity index is 3.10. The second-order valence-corrected chi connectivity index (χ2v) is 4.18. The summed E-state index contributed by atoms with van der Waals surface area (Å²) in [7, 11) is 2.78. The van der Waals surface area contributed by atoms with Crippen molar-refractivity contribution in [2.75, 3.05) is 20.8 Å². The lowest BCUT2D eigenvalue weighted by Crippen LogP contribution is -2.26. The van der Waals surface area contributed by atoms with Crippen LogP contribution in [0.5, 0.6) is 11.5 Å². The van der Waals surface area contributed by atoms with Gasteiger partial charge in [0.25, 0.3) is 0 Å². The van der Waals surface area contributed by atoms with E-state index in [1.807, 2.05) is 0 Å².